The molecule has 0 spiro atoms. The smallest absolute Gasteiger partial charge is 0.309 e. The lowest BCUT2D eigenvalue weighted by Crippen LogP contribution is -2.37. The van der Waals surface area contributed by atoms with Gasteiger partial charge in [-0.05, 0) is 37.5 Å². The number of hydrogen-bond acceptors (Lipinski definition) is 8. The first-order chi connectivity index (χ1) is 16.2. The molecule has 0 bridgehead atoms. The van der Waals surface area contributed by atoms with E-state index < -0.39 is 0 Å². The molecule has 3 aromatic rings. The zero-order valence-corrected chi connectivity index (χ0v) is 19.2. The van der Waals surface area contributed by atoms with Crippen molar-refractivity contribution in [3.05, 3.63) is 65.0 Å². The minimum Gasteiger partial charge on any atom is -0.466 e. The predicted octanol–water partition coefficient (Wildman–Crippen LogP) is 4.91. The third-order valence-electron chi connectivity index (χ3n) is 5.54. The molecule has 8 heteroatoms. The second-order valence-corrected chi connectivity index (χ2v) is 8.53. The van der Waals surface area contributed by atoms with Crippen LogP contribution in [0.5, 0.6) is 0 Å². The third kappa shape index (κ3) is 5.57. The molecule has 0 saturated carbocycles. The van der Waals surface area contributed by atoms with Gasteiger partial charge < -0.3 is 9.64 Å². The molecule has 1 aliphatic heterocycles. The number of carbonyl (C=O) groups excluding carboxylic acids is 1. The summed E-state index contributed by atoms with van der Waals surface area (Å²) in [6.45, 7) is 3.68. The summed E-state index contributed by atoms with van der Waals surface area (Å²) in [4.78, 5) is 18.7. The van der Waals surface area contributed by atoms with E-state index in [4.69, 9.17) is 4.74 Å². The van der Waals surface area contributed by atoms with Crippen LogP contribution in [0.25, 0.3) is 11.3 Å². The van der Waals surface area contributed by atoms with Crippen molar-refractivity contribution in [2.75, 3.05) is 30.0 Å². The summed E-state index contributed by atoms with van der Waals surface area (Å²) in [6, 6.07) is 18.0. The normalized spacial score (nSPS) is 14.2. The predicted molar refractivity (Wildman–Crippen MR) is 131 cm³/mol. The van der Waals surface area contributed by atoms with Crippen LogP contribution in [0.3, 0.4) is 0 Å². The maximum atomic E-state index is 12.0. The molecular weight excluding hydrogens is 434 g/mol. The minimum absolute atomic E-state index is 0.0579. The summed E-state index contributed by atoms with van der Waals surface area (Å²) < 4.78 is 5.14. The van der Waals surface area contributed by atoms with Crippen LogP contribution >= 0.6 is 11.3 Å². The molecule has 4 rings (SSSR count). The number of hydrogen-bond donors (Lipinski definition) is 1. The van der Waals surface area contributed by atoms with E-state index in [0.29, 0.717) is 17.3 Å². The number of thiazole rings is 1. The number of rotatable bonds is 7. The highest BCUT2D eigenvalue weighted by Crippen LogP contribution is 2.28. The highest BCUT2D eigenvalue weighted by atomic mass is 32.1. The lowest BCUT2D eigenvalue weighted by molar-refractivity contribution is -0.148. The molecule has 168 valence electrons. The maximum absolute atomic E-state index is 12.0. The Hall–Kier alpha value is -3.70. The number of nitriles is 1. The maximum Gasteiger partial charge on any atom is 0.309 e. The minimum atomic E-state index is -0.118. The van der Waals surface area contributed by atoms with Crippen LogP contribution in [0.2, 0.25) is 0 Å². The summed E-state index contributed by atoms with van der Waals surface area (Å²) in [5.74, 6) is -0.176. The molecule has 0 unspecified atom stereocenters. The van der Waals surface area contributed by atoms with E-state index in [0.717, 1.165) is 48.4 Å². The first-order valence-corrected chi connectivity index (χ1v) is 11.8. The summed E-state index contributed by atoms with van der Waals surface area (Å²) in [5.41, 5.74) is 7.23. The quantitative estimate of drug-likeness (QED) is 0.307. The van der Waals surface area contributed by atoms with E-state index in [1.165, 1.54) is 11.3 Å². The van der Waals surface area contributed by atoms with Crippen molar-refractivity contribution >= 4 is 34.3 Å². The zero-order valence-electron chi connectivity index (χ0n) is 18.4. The van der Waals surface area contributed by atoms with E-state index >= 15 is 0 Å². The van der Waals surface area contributed by atoms with Crippen molar-refractivity contribution < 1.29 is 9.53 Å². The summed E-state index contributed by atoms with van der Waals surface area (Å²) in [6.07, 6.45) is 3.15. The van der Waals surface area contributed by atoms with E-state index in [1.54, 1.807) is 6.21 Å². The van der Waals surface area contributed by atoms with Crippen molar-refractivity contribution in [2.45, 2.75) is 19.8 Å². The molecule has 1 saturated heterocycles. The Morgan fingerprint density at radius 3 is 2.82 bits per heavy atom. The number of aromatic nitrogens is 1. The van der Waals surface area contributed by atoms with Gasteiger partial charge in [0.05, 0.1) is 35.7 Å². The largest absolute Gasteiger partial charge is 0.466 e. The topological polar surface area (TPSA) is 90.6 Å². The molecule has 2 heterocycles. The van der Waals surface area contributed by atoms with Gasteiger partial charge in [-0.15, -0.1) is 11.3 Å². The molecule has 7 nitrogen and oxygen atoms in total. The van der Waals surface area contributed by atoms with E-state index in [1.807, 2.05) is 60.8 Å². The summed E-state index contributed by atoms with van der Waals surface area (Å²) >= 11 is 1.49. The fourth-order valence-corrected chi connectivity index (χ4v) is 4.51. The van der Waals surface area contributed by atoms with Crippen molar-refractivity contribution in [2.24, 2.45) is 11.0 Å². The van der Waals surface area contributed by atoms with Gasteiger partial charge in [0.15, 0.2) is 0 Å². The fraction of sp³-hybridized carbons (Fsp3) is 0.280. The standard InChI is InChI=1S/C25H25N5O2S/c1-2-32-24(31)20-10-12-30(13-11-20)23-9-8-18(14-21(23)15-26)16-27-29-25-28-22(17-33-25)19-6-4-3-5-7-19/h3-9,14,16-17,20H,2,10-13H2,1H3,(H,28,29). The van der Waals surface area contributed by atoms with Crippen LogP contribution in [0.4, 0.5) is 10.8 Å². The van der Waals surface area contributed by atoms with Crippen molar-refractivity contribution in [1.29, 1.82) is 5.26 Å². The van der Waals surface area contributed by atoms with Gasteiger partial charge in [0.25, 0.3) is 0 Å². The number of nitrogens with one attached hydrogen (secondary N) is 1. The monoisotopic (exact) mass is 459 g/mol. The lowest BCUT2D eigenvalue weighted by atomic mass is 9.96. The van der Waals surface area contributed by atoms with Crippen LogP contribution in [0, 0.1) is 17.2 Å². The van der Waals surface area contributed by atoms with Crippen LogP contribution in [-0.4, -0.2) is 36.9 Å². The second kappa shape index (κ2) is 10.7. The first kappa shape index (κ1) is 22.5. The lowest BCUT2D eigenvalue weighted by Gasteiger charge is -2.33. The van der Waals surface area contributed by atoms with Gasteiger partial charge in [0.1, 0.15) is 6.07 Å². The number of esters is 1. The highest BCUT2D eigenvalue weighted by molar-refractivity contribution is 7.14. The number of carbonyl (C=O) groups is 1. The summed E-state index contributed by atoms with van der Waals surface area (Å²) in [5, 5.41) is 16.6. The van der Waals surface area contributed by atoms with Crippen LogP contribution in [0.15, 0.2) is 59.0 Å². The van der Waals surface area contributed by atoms with Crippen molar-refractivity contribution in [3.8, 4) is 17.3 Å². The molecule has 1 N–H and O–H groups in total. The Morgan fingerprint density at radius 2 is 2.09 bits per heavy atom. The Balaban J connectivity index is 1.37. The third-order valence-corrected chi connectivity index (χ3v) is 6.29. The van der Waals surface area contributed by atoms with Gasteiger partial charge >= 0.3 is 5.97 Å². The molecule has 0 aliphatic carbocycles. The number of ether oxygens (including phenoxy) is 1. The zero-order chi connectivity index (χ0) is 23.0. The average Bonchev–Trinajstić information content (AvgIpc) is 3.34. The highest BCUT2D eigenvalue weighted by Gasteiger charge is 2.27. The fourth-order valence-electron chi connectivity index (χ4n) is 3.84. The average molecular weight is 460 g/mol. The number of nitrogens with zero attached hydrogens (tertiary/aromatic N) is 4. The Kier molecular flexibility index (Phi) is 7.33. The molecular formula is C25H25N5O2S. The number of anilines is 2. The van der Waals surface area contributed by atoms with Crippen molar-refractivity contribution in [3.63, 3.8) is 0 Å². The van der Waals surface area contributed by atoms with Crippen LogP contribution in [0.1, 0.15) is 30.9 Å². The van der Waals surface area contributed by atoms with Crippen LogP contribution < -0.4 is 10.3 Å². The van der Waals surface area contributed by atoms with E-state index in [-0.39, 0.29) is 11.9 Å². The first-order valence-electron chi connectivity index (χ1n) is 10.9. The summed E-state index contributed by atoms with van der Waals surface area (Å²) in [7, 11) is 0. The molecule has 33 heavy (non-hydrogen) atoms. The molecule has 0 atom stereocenters. The Labute approximate surface area is 197 Å². The Bertz CT molecular complexity index is 1160. The molecule has 0 amide bonds. The van der Waals surface area contributed by atoms with Gasteiger partial charge in [-0.1, -0.05) is 36.4 Å². The molecule has 0 radical (unpaired) electrons. The number of hydrazone groups is 1. The molecule has 1 fully saturated rings. The van der Waals surface area contributed by atoms with Gasteiger partial charge in [0, 0.05) is 24.0 Å². The van der Waals surface area contributed by atoms with Gasteiger partial charge in [-0.25, -0.2) is 4.98 Å². The van der Waals surface area contributed by atoms with Gasteiger partial charge in [-0.3, -0.25) is 10.2 Å². The molecule has 2 aromatic carbocycles. The number of benzene rings is 2. The SMILES string of the molecule is CCOC(=O)C1CCN(c2ccc(C=NNc3nc(-c4ccccc4)cs3)cc2C#N)CC1. The van der Waals surface area contributed by atoms with Crippen LogP contribution in [-0.2, 0) is 9.53 Å². The van der Waals surface area contributed by atoms with E-state index in [2.05, 4.69) is 26.5 Å². The molecule has 1 aliphatic rings. The van der Waals surface area contributed by atoms with E-state index in [9.17, 15) is 10.1 Å². The number of piperidine rings is 1. The second-order valence-electron chi connectivity index (χ2n) is 7.68. The van der Waals surface area contributed by atoms with Gasteiger partial charge in [-0.2, -0.15) is 10.4 Å². The Morgan fingerprint density at radius 1 is 1.30 bits per heavy atom. The van der Waals surface area contributed by atoms with Gasteiger partial charge in [0.2, 0.25) is 5.13 Å². The van der Waals surface area contributed by atoms with Crippen molar-refractivity contribution in [1.82, 2.24) is 4.98 Å². The molecule has 1 aromatic heterocycles.